The Bertz CT molecular complexity index is 504. The number of hydrogen-bond acceptors (Lipinski definition) is 3. The standard InChI is InChI=1S/C15H16F3NO2/c1-2-13(14-7-4-8-20-14)19-10-11-5-3-6-12(9-11)21-15(16,17)18/h1,3,5-6,9,13-14,19H,4,7-8,10H2/t13-,14+/m1/s1. The second-order valence-corrected chi connectivity index (χ2v) is 4.77. The van der Waals surface area contributed by atoms with E-state index in [1.54, 1.807) is 6.07 Å². The molecule has 2 rings (SSSR count). The van der Waals surface area contributed by atoms with Crippen LogP contribution in [0.25, 0.3) is 0 Å². The van der Waals surface area contributed by atoms with Gasteiger partial charge >= 0.3 is 6.36 Å². The summed E-state index contributed by atoms with van der Waals surface area (Å²) in [7, 11) is 0. The van der Waals surface area contributed by atoms with Crippen molar-refractivity contribution in [2.24, 2.45) is 0 Å². The Hall–Kier alpha value is -1.71. The van der Waals surface area contributed by atoms with Crippen LogP contribution in [0, 0.1) is 12.3 Å². The molecule has 1 aromatic carbocycles. The first-order valence-electron chi connectivity index (χ1n) is 6.64. The van der Waals surface area contributed by atoms with Gasteiger partial charge in [0.15, 0.2) is 0 Å². The molecule has 0 bridgehead atoms. The fraction of sp³-hybridized carbons (Fsp3) is 0.467. The van der Waals surface area contributed by atoms with Gasteiger partial charge in [-0.1, -0.05) is 18.1 Å². The molecule has 6 heteroatoms. The lowest BCUT2D eigenvalue weighted by atomic mass is 10.1. The van der Waals surface area contributed by atoms with Crippen LogP contribution in [0.2, 0.25) is 0 Å². The van der Waals surface area contributed by atoms with Gasteiger partial charge in [0, 0.05) is 13.2 Å². The van der Waals surface area contributed by atoms with E-state index in [1.807, 2.05) is 0 Å². The van der Waals surface area contributed by atoms with Crippen molar-refractivity contribution >= 4 is 0 Å². The molecule has 1 saturated heterocycles. The fourth-order valence-corrected chi connectivity index (χ4v) is 2.24. The van der Waals surface area contributed by atoms with Crippen molar-refractivity contribution < 1.29 is 22.6 Å². The highest BCUT2D eigenvalue weighted by Crippen LogP contribution is 2.23. The van der Waals surface area contributed by atoms with Crippen molar-refractivity contribution in [3.8, 4) is 18.1 Å². The first-order valence-corrected chi connectivity index (χ1v) is 6.64. The van der Waals surface area contributed by atoms with Crippen LogP contribution >= 0.6 is 0 Å². The van der Waals surface area contributed by atoms with E-state index in [0.29, 0.717) is 18.7 Å². The van der Waals surface area contributed by atoms with Gasteiger partial charge in [-0.05, 0) is 30.5 Å². The van der Waals surface area contributed by atoms with Crippen molar-refractivity contribution in [1.29, 1.82) is 0 Å². The Morgan fingerprint density at radius 3 is 2.90 bits per heavy atom. The van der Waals surface area contributed by atoms with Crippen LogP contribution < -0.4 is 10.1 Å². The predicted molar refractivity (Wildman–Crippen MR) is 71.6 cm³/mol. The number of rotatable bonds is 5. The molecule has 0 spiro atoms. The third-order valence-corrected chi connectivity index (χ3v) is 3.17. The van der Waals surface area contributed by atoms with Gasteiger partial charge in [-0.25, -0.2) is 0 Å². The fourth-order valence-electron chi connectivity index (χ4n) is 2.24. The molecule has 3 nitrogen and oxygen atoms in total. The molecule has 0 aliphatic carbocycles. The van der Waals surface area contributed by atoms with E-state index >= 15 is 0 Å². The largest absolute Gasteiger partial charge is 0.573 e. The Balaban J connectivity index is 1.93. The van der Waals surface area contributed by atoms with Crippen LogP contribution in [-0.4, -0.2) is 25.1 Å². The lowest BCUT2D eigenvalue weighted by molar-refractivity contribution is -0.274. The van der Waals surface area contributed by atoms with Crippen molar-refractivity contribution in [1.82, 2.24) is 5.32 Å². The molecule has 0 aromatic heterocycles. The number of alkyl halides is 3. The quantitative estimate of drug-likeness (QED) is 0.848. The van der Waals surface area contributed by atoms with Crippen LogP contribution in [0.4, 0.5) is 13.2 Å². The zero-order valence-corrected chi connectivity index (χ0v) is 11.3. The number of terminal acetylenes is 1. The molecule has 0 unspecified atom stereocenters. The zero-order valence-electron chi connectivity index (χ0n) is 11.3. The topological polar surface area (TPSA) is 30.5 Å². The predicted octanol–water partition coefficient (Wildman–Crippen LogP) is 2.86. The Morgan fingerprint density at radius 2 is 2.29 bits per heavy atom. The number of nitrogens with one attached hydrogen (secondary N) is 1. The van der Waals surface area contributed by atoms with Crippen molar-refractivity contribution in [2.75, 3.05) is 6.61 Å². The highest BCUT2D eigenvalue weighted by atomic mass is 19.4. The molecule has 1 heterocycles. The normalized spacial score (nSPS) is 20.0. The summed E-state index contributed by atoms with van der Waals surface area (Å²) >= 11 is 0. The molecule has 1 aliphatic rings. The summed E-state index contributed by atoms with van der Waals surface area (Å²) in [6.07, 6.45) is 2.60. The Kier molecular flexibility index (Phi) is 5.10. The number of halogens is 3. The maximum atomic E-state index is 12.2. The SMILES string of the molecule is C#C[C@@H](NCc1cccc(OC(F)(F)F)c1)[C@@H]1CCCO1. The molecule has 1 N–H and O–H groups in total. The monoisotopic (exact) mass is 299 g/mol. The van der Waals surface area contributed by atoms with Gasteiger partial charge in [0.2, 0.25) is 0 Å². The van der Waals surface area contributed by atoms with E-state index in [9.17, 15) is 13.2 Å². The highest BCUT2D eigenvalue weighted by Gasteiger charge is 2.31. The molecule has 1 fully saturated rings. The molecular formula is C15H16F3NO2. The van der Waals surface area contributed by atoms with Crippen LogP contribution in [-0.2, 0) is 11.3 Å². The van der Waals surface area contributed by atoms with Gasteiger partial charge in [-0.3, -0.25) is 5.32 Å². The molecule has 0 amide bonds. The number of benzene rings is 1. The van der Waals surface area contributed by atoms with Crippen LogP contribution in [0.15, 0.2) is 24.3 Å². The molecule has 2 atom stereocenters. The average Bonchev–Trinajstić information content (AvgIpc) is 2.92. The molecule has 1 aromatic rings. The third-order valence-electron chi connectivity index (χ3n) is 3.17. The van der Waals surface area contributed by atoms with Crippen LogP contribution in [0.1, 0.15) is 18.4 Å². The molecular weight excluding hydrogens is 283 g/mol. The molecule has 114 valence electrons. The molecule has 1 aliphatic heterocycles. The summed E-state index contributed by atoms with van der Waals surface area (Å²) < 4.78 is 45.9. The van der Waals surface area contributed by atoms with Gasteiger partial charge in [0.1, 0.15) is 5.75 Å². The highest BCUT2D eigenvalue weighted by molar-refractivity contribution is 5.28. The average molecular weight is 299 g/mol. The second-order valence-electron chi connectivity index (χ2n) is 4.77. The lowest BCUT2D eigenvalue weighted by Crippen LogP contribution is -2.37. The van der Waals surface area contributed by atoms with Gasteiger partial charge in [0.05, 0.1) is 12.1 Å². The summed E-state index contributed by atoms with van der Waals surface area (Å²) in [6, 6.07) is 5.56. The van der Waals surface area contributed by atoms with Gasteiger partial charge in [-0.15, -0.1) is 19.6 Å². The lowest BCUT2D eigenvalue weighted by Gasteiger charge is -2.19. The van der Waals surface area contributed by atoms with E-state index in [4.69, 9.17) is 11.2 Å². The minimum atomic E-state index is -4.69. The van der Waals surface area contributed by atoms with E-state index in [-0.39, 0.29) is 17.9 Å². The first kappa shape index (κ1) is 15.7. The van der Waals surface area contributed by atoms with E-state index in [1.165, 1.54) is 18.2 Å². The van der Waals surface area contributed by atoms with E-state index in [2.05, 4.69) is 16.0 Å². The minimum Gasteiger partial charge on any atom is -0.406 e. The second kappa shape index (κ2) is 6.83. The van der Waals surface area contributed by atoms with Crippen molar-refractivity contribution in [2.45, 2.75) is 37.9 Å². The summed E-state index contributed by atoms with van der Waals surface area (Å²) in [4.78, 5) is 0. The number of hydrogen-bond donors (Lipinski definition) is 1. The van der Waals surface area contributed by atoms with Gasteiger partial charge in [0.25, 0.3) is 0 Å². The third kappa shape index (κ3) is 4.96. The maximum Gasteiger partial charge on any atom is 0.573 e. The smallest absolute Gasteiger partial charge is 0.406 e. The first-order chi connectivity index (χ1) is 9.98. The summed E-state index contributed by atoms with van der Waals surface area (Å²) in [5, 5.41) is 3.12. The summed E-state index contributed by atoms with van der Waals surface area (Å²) in [6.45, 7) is 1.04. The Morgan fingerprint density at radius 1 is 1.48 bits per heavy atom. The van der Waals surface area contributed by atoms with E-state index < -0.39 is 6.36 Å². The number of ether oxygens (including phenoxy) is 2. The van der Waals surface area contributed by atoms with Gasteiger partial charge in [-0.2, -0.15) is 0 Å². The van der Waals surface area contributed by atoms with Crippen LogP contribution in [0.3, 0.4) is 0 Å². The zero-order chi connectivity index (χ0) is 15.3. The van der Waals surface area contributed by atoms with Crippen LogP contribution in [0.5, 0.6) is 5.75 Å². The van der Waals surface area contributed by atoms with Crippen molar-refractivity contribution in [3.05, 3.63) is 29.8 Å². The minimum absolute atomic E-state index is 0.0374. The van der Waals surface area contributed by atoms with E-state index in [0.717, 1.165) is 12.8 Å². The molecule has 0 saturated carbocycles. The van der Waals surface area contributed by atoms with Crippen molar-refractivity contribution in [3.63, 3.8) is 0 Å². The Labute approximate surface area is 121 Å². The maximum absolute atomic E-state index is 12.2. The molecule has 21 heavy (non-hydrogen) atoms. The summed E-state index contributed by atoms with van der Waals surface area (Å²) in [5.74, 6) is 2.38. The summed E-state index contributed by atoms with van der Waals surface area (Å²) in [5.41, 5.74) is 0.662. The van der Waals surface area contributed by atoms with Gasteiger partial charge < -0.3 is 9.47 Å². The molecule has 0 radical (unpaired) electrons.